The zero-order valence-corrected chi connectivity index (χ0v) is 14.4. The van der Waals surface area contributed by atoms with E-state index in [4.69, 9.17) is 16.3 Å². The molecule has 1 atom stereocenters. The first-order chi connectivity index (χ1) is 11.0. The largest absolute Gasteiger partial charge is 0.497 e. The first kappa shape index (κ1) is 17.4. The van der Waals surface area contributed by atoms with Gasteiger partial charge in [0.25, 0.3) is 0 Å². The van der Waals surface area contributed by atoms with Crippen LogP contribution in [-0.2, 0) is 11.3 Å². The zero-order valence-electron chi connectivity index (χ0n) is 13.7. The Hall–Kier alpha value is -2.00. The minimum absolute atomic E-state index is 0.0187. The van der Waals surface area contributed by atoms with Crippen molar-refractivity contribution >= 4 is 17.5 Å². The molecule has 122 valence electrons. The minimum atomic E-state index is -0.196. The smallest absolute Gasteiger partial charge is 0.228 e. The van der Waals surface area contributed by atoms with Crippen molar-refractivity contribution in [2.45, 2.75) is 26.3 Å². The van der Waals surface area contributed by atoms with Crippen LogP contribution >= 0.6 is 11.6 Å². The first-order valence-corrected chi connectivity index (χ1v) is 8.05. The van der Waals surface area contributed by atoms with E-state index >= 15 is 0 Å². The van der Waals surface area contributed by atoms with E-state index in [0.717, 1.165) is 16.9 Å². The van der Waals surface area contributed by atoms with Gasteiger partial charge in [0.05, 0.1) is 13.0 Å². The predicted octanol–water partition coefficient (Wildman–Crippen LogP) is 4.40. The third-order valence-corrected chi connectivity index (χ3v) is 4.03. The average molecular weight is 332 g/mol. The van der Waals surface area contributed by atoms with Crippen LogP contribution in [0.5, 0.6) is 5.75 Å². The number of carbonyl (C=O) groups is 1. The summed E-state index contributed by atoms with van der Waals surface area (Å²) in [6, 6.07) is 15.2. The molecule has 0 radical (unpaired) electrons. The van der Waals surface area contributed by atoms with Crippen LogP contribution in [-0.4, -0.2) is 13.0 Å². The van der Waals surface area contributed by atoms with Gasteiger partial charge in [-0.15, -0.1) is 0 Å². The molecule has 0 spiro atoms. The number of hydrogen-bond acceptors (Lipinski definition) is 2. The summed E-state index contributed by atoms with van der Waals surface area (Å²) in [6.07, 6.45) is 0. The maximum absolute atomic E-state index is 12.6. The summed E-state index contributed by atoms with van der Waals surface area (Å²) >= 11 is 5.93. The molecule has 0 unspecified atom stereocenters. The molecule has 23 heavy (non-hydrogen) atoms. The number of methoxy groups -OCH3 is 1. The second-order valence-electron chi connectivity index (χ2n) is 5.84. The Morgan fingerprint density at radius 2 is 1.87 bits per heavy atom. The van der Waals surface area contributed by atoms with Crippen LogP contribution in [0, 0.1) is 5.92 Å². The second kappa shape index (κ2) is 8.02. The Kier molecular flexibility index (Phi) is 6.05. The van der Waals surface area contributed by atoms with Crippen molar-refractivity contribution < 1.29 is 9.53 Å². The van der Waals surface area contributed by atoms with Crippen molar-refractivity contribution in [3.05, 3.63) is 64.7 Å². The Labute approximate surface area is 142 Å². The lowest BCUT2D eigenvalue weighted by Crippen LogP contribution is -2.31. The number of amides is 1. The van der Waals surface area contributed by atoms with Gasteiger partial charge >= 0.3 is 0 Å². The molecule has 0 aromatic heterocycles. The molecule has 0 saturated heterocycles. The van der Waals surface area contributed by atoms with Crippen LogP contribution in [0.2, 0.25) is 5.02 Å². The fourth-order valence-electron chi connectivity index (χ4n) is 2.59. The number of rotatable bonds is 6. The molecule has 0 heterocycles. The van der Waals surface area contributed by atoms with Crippen LogP contribution in [0.25, 0.3) is 0 Å². The number of carbonyl (C=O) groups excluding carboxylic acids is 1. The quantitative estimate of drug-likeness (QED) is 0.851. The standard InChI is InChI=1S/C19H22ClNO2/c1-13(2)18(15-7-9-16(20)10-8-15)19(22)21-12-14-5-4-6-17(11-14)23-3/h4-11,13,18H,12H2,1-3H3,(H,21,22)/t18-/m0/s1. The van der Waals surface area contributed by atoms with E-state index in [1.54, 1.807) is 7.11 Å². The van der Waals surface area contributed by atoms with Crippen molar-refractivity contribution in [1.29, 1.82) is 0 Å². The van der Waals surface area contributed by atoms with E-state index in [2.05, 4.69) is 5.32 Å². The molecule has 0 saturated carbocycles. The van der Waals surface area contributed by atoms with E-state index in [1.807, 2.05) is 62.4 Å². The number of benzene rings is 2. The molecule has 4 heteroatoms. The molecule has 0 aliphatic heterocycles. The molecular formula is C19H22ClNO2. The van der Waals surface area contributed by atoms with Crippen LogP contribution in [0.4, 0.5) is 0 Å². The van der Waals surface area contributed by atoms with Crippen molar-refractivity contribution in [3.8, 4) is 5.75 Å². The van der Waals surface area contributed by atoms with E-state index in [1.165, 1.54) is 0 Å². The van der Waals surface area contributed by atoms with Gasteiger partial charge in [-0.05, 0) is 41.3 Å². The van der Waals surface area contributed by atoms with Gasteiger partial charge in [-0.3, -0.25) is 4.79 Å². The number of nitrogens with one attached hydrogen (secondary N) is 1. The lowest BCUT2D eigenvalue weighted by atomic mass is 9.87. The normalized spacial score (nSPS) is 12.0. The van der Waals surface area contributed by atoms with E-state index < -0.39 is 0 Å². The van der Waals surface area contributed by atoms with E-state index in [0.29, 0.717) is 11.6 Å². The van der Waals surface area contributed by atoms with Crippen LogP contribution < -0.4 is 10.1 Å². The summed E-state index contributed by atoms with van der Waals surface area (Å²) in [5.41, 5.74) is 1.99. The summed E-state index contributed by atoms with van der Waals surface area (Å²) in [7, 11) is 1.63. The molecule has 2 rings (SSSR count). The van der Waals surface area contributed by atoms with Gasteiger partial charge in [-0.25, -0.2) is 0 Å². The summed E-state index contributed by atoms with van der Waals surface area (Å²) in [5, 5.41) is 3.69. The molecule has 0 aliphatic rings. The highest BCUT2D eigenvalue weighted by Gasteiger charge is 2.23. The lowest BCUT2D eigenvalue weighted by Gasteiger charge is -2.21. The average Bonchev–Trinajstić information content (AvgIpc) is 2.55. The summed E-state index contributed by atoms with van der Waals surface area (Å²) < 4.78 is 5.20. The van der Waals surface area contributed by atoms with Gasteiger partial charge in [0.2, 0.25) is 5.91 Å². The van der Waals surface area contributed by atoms with Gasteiger partial charge in [-0.1, -0.05) is 49.7 Å². The Morgan fingerprint density at radius 1 is 1.17 bits per heavy atom. The third kappa shape index (κ3) is 4.73. The summed E-state index contributed by atoms with van der Waals surface area (Å²) in [4.78, 5) is 12.6. The summed E-state index contributed by atoms with van der Waals surface area (Å²) in [5.74, 6) is 0.805. The van der Waals surface area contributed by atoms with Gasteiger partial charge in [-0.2, -0.15) is 0 Å². The molecule has 2 aromatic carbocycles. The lowest BCUT2D eigenvalue weighted by molar-refractivity contribution is -0.123. The van der Waals surface area contributed by atoms with Crippen LogP contribution in [0.15, 0.2) is 48.5 Å². The Morgan fingerprint density at radius 3 is 2.48 bits per heavy atom. The monoisotopic (exact) mass is 331 g/mol. The summed E-state index contributed by atoms with van der Waals surface area (Å²) in [6.45, 7) is 4.57. The van der Waals surface area contributed by atoms with Crippen LogP contribution in [0.3, 0.4) is 0 Å². The second-order valence-corrected chi connectivity index (χ2v) is 6.28. The number of halogens is 1. The van der Waals surface area contributed by atoms with Gasteiger partial charge in [0, 0.05) is 11.6 Å². The fourth-order valence-corrected chi connectivity index (χ4v) is 2.72. The predicted molar refractivity (Wildman–Crippen MR) is 93.9 cm³/mol. The van der Waals surface area contributed by atoms with Crippen molar-refractivity contribution in [1.82, 2.24) is 5.32 Å². The molecule has 2 aromatic rings. The Bertz CT molecular complexity index is 653. The molecular weight excluding hydrogens is 310 g/mol. The van der Waals surface area contributed by atoms with Crippen LogP contribution in [0.1, 0.15) is 30.9 Å². The maximum atomic E-state index is 12.6. The highest BCUT2D eigenvalue weighted by Crippen LogP contribution is 2.26. The van der Waals surface area contributed by atoms with Crippen molar-refractivity contribution in [2.24, 2.45) is 5.92 Å². The number of ether oxygens (including phenoxy) is 1. The van der Waals surface area contributed by atoms with E-state index in [-0.39, 0.29) is 17.7 Å². The Balaban J connectivity index is 2.08. The first-order valence-electron chi connectivity index (χ1n) is 7.67. The minimum Gasteiger partial charge on any atom is -0.497 e. The van der Waals surface area contributed by atoms with Gasteiger partial charge in [0.15, 0.2) is 0 Å². The highest BCUT2D eigenvalue weighted by atomic mass is 35.5. The van der Waals surface area contributed by atoms with Gasteiger partial charge in [0.1, 0.15) is 5.75 Å². The molecule has 0 bridgehead atoms. The molecule has 3 nitrogen and oxygen atoms in total. The maximum Gasteiger partial charge on any atom is 0.228 e. The molecule has 1 amide bonds. The van der Waals surface area contributed by atoms with Crippen molar-refractivity contribution in [3.63, 3.8) is 0 Å². The zero-order chi connectivity index (χ0) is 16.8. The fraction of sp³-hybridized carbons (Fsp3) is 0.316. The molecule has 0 fully saturated rings. The molecule has 0 aliphatic carbocycles. The molecule has 1 N–H and O–H groups in total. The SMILES string of the molecule is COc1cccc(CNC(=O)[C@H](c2ccc(Cl)cc2)C(C)C)c1. The topological polar surface area (TPSA) is 38.3 Å². The van der Waals surface area contributed by atoms with Gasteiger partial charge < -0.3 is 10.1 Å². The van der Waals surface area contributed by atoms with Crippen molar-refractivity contribution in [2.75, 3.05) is 7.11 Å². The number of hydrogen-bond donors (Lipinski definition) is 1. The highest BCUT2D eigenvalue weighted by molar-refractivity contribution is 6.30. The van der Waals surface area contributed by atoms with E-state index in [9.17, 15) is 4.79 Å². The third-order valence-electron chi connectivity index (χ3n) is 3.78.